The van der Waals surface area contributed by atoms with E-state index in [9.17, 15) is 5.11 Å². The number of guanidine groups is 1. The highest BCUT2D eigenvalue weighted by molar-refractivity contribution is 14.0. The SMILES string of the molecule is CCNC(=NCC(O)COCc1ccccc1)NC1CCN(c2ccc(C)cn2)CC1.I. The molecule has 0 aliphatic carbocycles. The first-order valence-corrected chi connectivity index (χ1v) is 11.2. The Hall–Kier alpha value is -1.91. The molecule has 7 nitrogen and oxygen atoms in total. The zero-order chi connectivity index (χ0) is 21.9. The van der Waals surface area contributed by atoms with E-state index in [4.69, 9.17) is 4.74 Å². The summed E-state index contributed by atoms with van der Waals surface area (Å²) >= 11 is 0. The van der Waals surface area contributed by atoms with Crippen LogP contribution in [0.3, 0.4) is 0 Å². The van der Waals surface area contributed by atoms with Crippen LogP contribution in [0.2, 0.25) is 0 Å². The van der Waals surface area contributed by atoms with Gasteiger partial charge in [-0.05, 0) is 43.9 Å². The van der Waals surface area contributed by atoms with Gasteiger partial charge in [-0.15, -0.1) is 24.0 Å². The summed E-state index contributed by atoms with van der Waals surface area (Å²) in [7, 11) is 0. The van der Waals surface area contributed by atoms with Crippen LogP contribution < -0.4 is 15.5 Å². The number of nitrogens with one attached hydrogen (secondary N) is 2. The minimum atomic E-state index is -0.631. The molecule has 1 aromatic heterocycles. The lowest BCUT2D eigenvalue weighted by Gasteiger charge is -2.34. The van der Waals surface area contributed by atoms with Gasteiger partial charge in [0.15, 0.2) is 5.96 Å². The molecule has 1 aliphatic rings. The Morgan fingerprint density at radius 1 is 1.22 bits per heavy atom. The third kappa shape index (κ3) is 8.91. The number of pyridine rings is 1. The number of rotatable bonds is 9. The van der Waals surface area contributed by atoms with Crippen molar-refractivity contribution < 1.29 is 9.84 Å². The molecule has 176 valence electrons. The van der Waals surface area contributed by atoms with Gasteiger partial charge in [-0.1, -0.05) is 36.4 Å². The monoisotopic (exact) mass is 553 g/mol. The van der Waals surface area contributed by atoms with Gasteiger partial charge in [0.2, 0.25) is 0 Å². The first-order valence-electron chi connectivity index (χ1n) is 11.2. The van der Waals surface area contributed by atoms with Crippen molar-refractivity contribution in [2.75, 3.05) is 37.7 Å². The summed E-state index contributed by atoms with van der Waals surface area (Å²) in [5.41, 5.74) is 2.28. The first-order chi connectivity index (χ1) is 15.1. The van der Waals surface area contributed by atoms with Gasteiger partial charge in [-0.25, -0.2) is 4.98 Å². The number of anilines is 1. The minimum Gasteiger partial charge on any atom is -0.389 e. The second-order valence-corrected chi connectivity index (χ2v) is 7.97. The van der Waals surface area contributed by atoms with Crippen LogP contribution >= 0.6 is 24.0 Å². The fraction of sp³-hybridized carbons (Fsp3) is 0.500. The number of ether oxygens (including phenoxy) is 1. The molecule has 0 amide bonds. The molecule has 2 aromatic rings. The van der Waals surface area contributed by atoms with Gasteiger partial charge in [0.05, 0.1) is 25.9 Å². The molecule has 1 saturated heterocycles. The molecular weight excluding hydrogens is 517 g/mol. The van der Waals surface area contributed by atoms with Crippen LogP contribution in [-0.4, -0.2) is 61.0 Å². The maximum atomic E-state index is 10.2. The first kappa shape index (κ1) is 26.3. The van der Waals surface area contributed by atoms with Crippen molar-refractivity contribution in [3.05, 3.63) is 59.8 Å². The fourth-order valence-electron chi connectivity index (χ4n) is 3.55. The highest BCUT2D eigenvalue weighted by Gasteiger charge is 2.21. The van der Waals surface area contributed by atoms with Crippen LogP contribution in [0.5, 0.6) is 0 Å². The van der Waals surface area contributed by atoms with E-state index < -0.39 is 6.10 Å². The molecular formula is C24H36IN5O2. The van der Waals surface area contributed by atoms with E-state index in [1.165, 1.54) is 5.56 Å². The predicted molar refractivity (Wildman–Crippen MR) is 141 cm³/mol. The summed E-state index contributed by atoms with van der Waals surface area (Å²) in [5.74, 6) is 1.79. The lowest BCUT2D eigenvalue weighted by atomic mass is 10.1. The van der Waals surface area contributed by atoms with Gasteiger partial charge in [0.25, 0.3) is 0 Å². The van der Waals surface area contributed by atoms with Crippen LogP contribution in [0.1, 0.15) is 30.9 Å². The van der Waals surface area contributed by atoms with Gasteiger partial charge in [-0.3, -0.25) is 4.99 Å². The molecule has 1 aromatic carbocycles. The maximum Gasteiger partial charge on any atom is 0.191 e. The summed E-state index contributed by atoms with van der Waals surface area (Å²) in [6.45, 7) is 7.86. The summed E-state index contributed by atoms with van der Waals surface area (Å²) in [5, 5.41) is 17.0. The average molecular weight is 553 g/mol. The topological polar surface area (TPSA) is 82.0 Å². The Labute approximate surface area is 208 Å². The highest BCUT2D eigenvalue weighted by Crippen LogP contribution is 2.18. The molecule has 3 N–H and O–H groups in total. The number of aromatic nitrogens is 1. The van der Waals surface area contributed by atoms with Crippen molar-refractivity contribution in [3.63, 3.8) is 0 Å². The van der Waals surface area contributed by atoms with Crippen molar-refractivity contribution in [2.45, 2.75) is 45.4 Å². The molecule has 8 heteroatoms. The zero-order valence-corrected chi connectivity index (χ0v) is 21.4. The quantitative estimate of drug-likeness (QED) is 0.252. The number of aliphatic hydroxyl groups excluding tert-OH is 1. The van der Waals surface area contributed by atoms with Crippen molar-refractivity contribution in [2.24, 2.45) is 4.99 Å². The van der Waals surface area contributed by atoms with Crippen molar-refractivity contribution in [1.82, 2.24) is 15.6 Å². The van der Waals surface area contributed by atoms with Crippen LogP contribution in [0.15, 0.2) is 53.7 Å². The summed E-state index contributed by atoms with van der Waals surface area (Å²) in [4.78, 5) is 11.4. The van der Waals surface area contributed by atoms with Gasteiger partial charge in [0.1, 0.15) is 5.82 Å². The van der Waals surface area contributed by atoms with Crippen molar-refractivity contribution in [3.8, 4) is 0 Å². The number of piperidine rings is 1. The number of halogens is 1. The van der Waals surface area contributed by atoms with E-state index >= 15 is 0 Å². The summed E-state index contributed by atoms with van der Waals surface area (Å²) in [6.07, 6.45) is 3.32. The Balaban J connectivity index is 0.00000363. The number of aliphatic hydroxyl groups is 1. The molecule has 3 rings (SSSR count). The Kier molecular flexibility index (Phi) is 11.8. The summed E-state index contributed by atoms with van der Waals surface area (Å²) < 4.78 is 5.61. The highest BCUT2D eigenvalue weighted by atomic mass is 127. The molecule has 0 radical (unpaired) electrons. The standard InChI is InChI=1S/C24H35N5O2.HI/c1-3-25-24(27-16-22(30)18-31-17-20-7-5-4-6-8-20)28-21-11-13-29(14-12-21)23-10-9-19(2)15-26-23;/h4-10,15,21-22,30H,3,11-14,16-18H2,1-2H3,(H2,25,27,28);1H. The average Bonchev–Trinajstić information content (AvgIpc) is 2.79. The van der Waals surface area contributed by atoms with Crippen molar-refractivity contribution in [1.29, 1.82) is 0 Å². The van der Waals surface area contributed by atoms with Crippen LogP contribution in [0.4, 0.5) is 5.82 Å². The smallest absolute Gasteiger partial charge is 0.191 e. The molecule has 1 fully saturated rings. The van der Waals surface area contributed by atoms with E-state index in [1.54, 1.807) is 0 Å². The normalized spacial score (nSPS) is 15.7. The Morgan fingerprint density at radius 3 is 2.62 bits per heavy atom. The molecule has 32 heavy (non-hydrogen) atoms. The van der Waals surface area contributed by atoms with Crippen LogP contribution in [0.25, 0.3) is 0 Å². The Bertz CT molecular complexity index is 796. The number of hydrogen-bond donors (Lipinski definition) is 3. The number of aliphatic imine (C=N–C) groups is 1. The number of aryl methyl sites for hydroxylation is 1. The lowest BCUT2D eigenvalue weighted by molar-refractivity contribution is 0.0331. The third-order valence-corrected chi connectivity index (χ3v) is 5.28. The summed E-state index contributed by atoms with van der Waals surface area (Å²) in [6, 6.07) is 14.5. The third-order valence-electron chi connectivity index (χ3n) is 5.28. The predicted octanol–water partition coefficient (Wildman–Crippen LogP) is 3.11. The van der Waals surface area contributed by atoms with Crippen LogP contribution in [-0.2, 0) is 11.3 Å². The van der Waals surface area contributed by atoms with Crippen molar-refractivity contribution >= 4 is 35.8 Å². The number of nitrogens with zero attached hydrogens (tertiary/aromatic N) is 3. The molecule has 0 spiro atoms. The fourth-order valence-corrected chi connectivity index (χ4v) is 3.55. The molecule has 2 heterocycles. The molecule has 1 aliphatic heterocycles. The van der Waals surface area contributed by atoms with Gasteiger partial charge in [-0.2, -0.15) is 0 Å². The number of hydrogen-bond acceptors (Lipinski definition) is 5. The minimum absolute atomic E-state index is 0. The van der Waals surface area contributed by atoms with Crippen LogP contribution in [0, 0.1) is 6.92 Å². The zero-order valence-electron chi connectivity index (χ0n) is 19.0. The van der Waals surface area contributed by atoms with E-state index in [0.29, 0.717) is 19.2 Å². The van der Waals surface area contributed by atoms with E-state index in [0.717, 1.165) is 49.8 Å². The molecule has 0 saturated carbocycles. The largest absolute Gasteiger partial charge is 0.389 e. The lowest BCUT2D eigenvalue weighted by Crippen LogP contribution is -2.49. The molecule has 1 atom stereocenters. The second-order valence-electron chi connectivity index (χ2n) is 7.97. The van der Waals surface area contributed by atoms with E-state index in [-0.39, 0.29) is 30.6 Å². The molecule has 0 bridgehead atoms. The van der Waals surface area contributed by atoms with Gasteiger partial charge >= 0.3 is 0 Å². The second kappa shape index (κ2) is 14.3. The Morgan fingerprint density at radius 2 is 1.97 bits per heavy atom. The number of benzene rings is 1. The maximum absolute atomic E-state index is 10.2. The van der Waals surface area contributed by atoms with Gasteiger partial charge in [0, 0.05) is 31.9 Å². The van der Waals surface area contributed by atoms with E-state index in [2.05, 4.69) is 44.6 Å². The van der Waals surface area contributed by atoms with Gasteiger partial charge < -0.3 is 25.4 Å². The van der Waals surface area contributed by atoms with E-state index in [1.807, 2.05) is 43.5 Å². The molecule has 1 unspecified atom stereocenters.